The summed E-state index contributed by atoms with van der Waals surface area (Å²) in [4.78, 5) is 27.4. The fourth-order valence-electron chi connectivity index (χ4n) is 3.89. The Morgan fingerprint density at radius 2 is 2.03 bits per heavy atom. The molecule has 0 unspecified atom stereocenters. The first kappa shape index (κ1) is 19.8. The van der Waals surface area contributed by atoms with E-state index in [9.17, 15) is 9.90 Å². The van der Waals surface area contributed by atoms with Gasteiger partial charge in [-0.05, 0) is 24.3 Å². The fourth-order valence-corrected chi connectivity index (χ4v) is 4.25. The molecular formula is C22H20BrN5O3. The van der Waals surface area contributed by atoms with Crippen LogP contribution in [0.3, 0.4) is 0 Å². The van der Waals surface area contributed by atoms with Gasteiger partial charge in [0.05, 0.1) is 11.3 Å². The predicted molar refractivity (Wildman–Crippen MR) is 122 cm³/mol. The minimum atomic E-state index is -0.148. The molecule has 2 aliphatic heterocycles. The number of aliphatic imine (C=N–C) groups is 1. The van der Waals surface area contributed by atoms with E-state index in [4.69, 9.17) is 9.83 Å². The number of carbonyl (C=O) groups excluding carboxylic acids is 1. The molecule has 9 heteroatoms. The van der Waals surface area contributed by atoms with Gasteiger partial charge in [0, 0.05) is 47.1 Å². The molecule has 8 nitrogen and oxygen atoms in total. The third kappa shape index (κ3) is 3.70. The Kier molecular flexibility index (Phi) is 5.21. The molecule has 0 saturated carbocycles. The lowest BCUT2D eigenvalue weighted by Gasteiger charge is -2.26. The third-order valence-corrected chi connectivity index (χ3v) is 5.90. The minimum absolute atomic E-state index is 0.00393. The normalized spacial score (nSPS) is 17.1. The highest BCUT2D eigenvalue weighted by Gasteiger charge is 2.29. The number of aromatic amines is 1. The number of nitrogens with one attached hydrogen (secondary N) is 2. The summed E-state index contributed by atoms with van der Waals surface area (Å²) in [5, 5.41) is 19.0. The molecule has 1 amide bonds. The van der Waals surface area contributed by atoms with Crippen molar-refractivity contribution in [1.82, 2.24) is 15.2 Å². The lowest BCUT2D eigenvalue weighted by Crippen LogP contribution is -2.47. The van der Waals surface area contributed by atoms with Gasteiger partial charge in [0.15, 0.2) is 12.5 Å². The smallest absolute Gasteiger partial charge is 0.263 e. The fraction of sp³-hybridized carbons (Fsp3) is 0.227. The number of carbonyl (C=O) groups is 1. The van der Waals surface area contributed by atoms with E-state index in [1.807, 2.05) is 42.5 Å². The molecule has 2 aromatic carbocycles. The average molecular weight is 482 g/mol. The maximum absolute atomic E-state index is 12.4. The molecule has 0 atom stereocenters. The van der Waals surface area contributed by atoms with Gasteiger partial charge in [-0.25, -0.2) is 4.99 Å². The first-order valence-electron chi connectivity index (χ1n) is 9.99. The van der Waals surface area contributed by atoms with Crippen LogP contribution >= 0.6 is 15.9 Å². The van der Waals surface area contributed by atoms with Crippen LogP contribution in [0.25, 0.3) is 10.9 Å². The number of oxime groups is 1. The quantitative estimate of drug-likeness (QED) is 0.498. The average Bonchev–Trinajstić information content (AvgIpc) is 3.30. The van der Waals surface area contributed by atoms with Gasteiger partial charge in [-0.3, -0.25) is 4.79 Å². The lowest BCUT2D eigenvalue weighted by atomic mass is 10.0. The van der Waals surface area contributed by atoms with E-state index in [1.165, 1.54) is 0 Å². The molecule has 1 aromatic heterocycles. The molecule has 3 aromatic rings. The third-order valence-electron chi connectivity index (χ3n) is 5.41. The van der Waals surface area contributed by atoms with Crippen molar-refractivity contribution >= 4 is 49.9 Å². The van der Waals surface area contributed by atoms with Gasteiger partial charge >= 0.3 is 0 Å². The summed E-state index contributed by atoms with van der Waals surface area (Å²) in [6.07, 6.45) is 0. The monoisotopic (exact) mass is 481 g/mol. The minimum Gasteiger partial charge on any atom is -0.494 e. The van der Waals surface area contributed by atoms with Crippen molar-refractivity contribution in [2.75, 3.05) is 32.8 Å². The topological polar surface area (TPSA) is 102 Å². The second-order valence-corrected chi connectivity index (χ2v) is 8.28. The zero-order valence-electron chi connectivity index (χ0n) is 16.6. The standard InChI is InChI=1S/C22H20BrN5O3/c23-13-5-6-17-15(11-13)19(22(30)26-17)21-20(14-3-1-2-4-16(14)25-21)27-31-12-18(29)28-9-7-24-8-10-28/h1-6,11,24,26,30H,7-10,12H2/b27-20+. The SMILES string of the molecule is O=C(CO/N=C1/C(c2c(O)[nH]c3ccc(Br)cc23)=Nc2ccccc21)N1CCNCC1. The van der Waals surface area contributed by atoms with Gasteiger partial charge in [-0.15, -0.1) is 0 Å². The highest BCUT2D eigenvalue weighted by Crippen LogP contribution is 2.36. The summed E-state index contributed by atoms with van der Waals surface area (Å²) in [5.41, 5.74) is 3.83. The van der Waals surface area contributed by atoms with E-state index in [-0.39, 0.29) is 18.4 Å². The van der Waals surface area contributed by atoms with E-state index in [0.29, 0.717) is 30.1 Å². The highest BCUT2D eigenvalue weighted by atomic mass is 79.9. The van der Waals surface area contributed by atoms with Crippen molar-refractivity contribution in [2.24, 2.45) is 10.1 Å². The number of hydrogen-bond donors (Lipinski definition) is 3. The number of hydrogen-bond acceptors (Lipinski definition) is 6. The molecule has 0 radical (unpaired) electrons. The number of amides is 1. The Hall–Kier alpha value is -3.17. The first-order chi connectivity index (χ1) is 15.1. The van der Waals surface area contributed by atoms with Crippen LogP contribution < -0.4 is 5.32 Å². The summed E-state index contributed by atoms with van der Waals surface area (Å²) >= 11 is 3.49. The predicted octanol–water partition coefficient (Wildman–Crippen LogP) is 2.92. The van der Waals surface area contributed by atoms with Gasteiger partial charge in [0.2, 0.25) is 0 Å². The molecule has 5 rings (SSSR count). The van der Waals surface area contributed by atoms with Crippen molar-refractivity contribution < 1.29 is 14.7 Å². The molecule has 0 aliphatic carbocycles. The van der Waals surface area contributed by atoms with E-state index < -0.39 is 0 Å². The maximum atomic E-state index is 12.4. The number of benzene rings is 2. The number of aromatic nitrogens is 1. The van der Waals surface area contributed by atoms with Crippen LogP contribution in [-0.4, -0.2) is 65.1 Å². The Balaban J connectivity index is 1.49. The van der Waals surface area contributed by atoms with Crippen LogP contribution in [0.15, 0.2) is 57.1 Å². The summed E-state index contributed by atoms with van der Waals surface area (Å²) in [6.45, 7) is 2.73. The number of para-hydroxylation sites is 1. The van der Waals surface area contributed by atoms with Crippen molar-refractivity contribution in [3.63, 3.8) is 0 Å². The summed E-state index contributed by atoms with van der Waals surface area (Å²) in [7, 11) is 0. The van der Waals surface area contributed by atoms with E-state index in [0.717, 1.165) is 39.7 Å². The van der Waals surface area contributed by atoms with Crippen LogP contribution in [0.4, 0.5) is 5.69 Å². The molecule has 31 heavy (non-hydrogen) atoms. The van der Waals surface area contributed by atoms with Gasteiger partial charge in [-0.1, -0.05) is 39.3 Å². The van der Waals surface area contributed by atoms with Crippen molar-refractivity contribution in [3.05, 3.63) is 58.1 Å². The molecule has 3 heterocycles. The molecule has 0 spiro atoms. The molecule has 0 bridgehead atoms. The molecular weight excluding hydrogens is 462 g/mol. The van der Waals surface area contributed by atoms with Crippen LogP contribution in [0, 0.1) is 0 Å². The second-order valence-electron chi connectivity index (χ2n) is 7.36. The zero-order valence-corrected chi connectivity index (χ0v) is 18.1. The number of aromatic hydroxyl groups is 1. The summed E-state index contributed by atoms with van der Waals surface area (Å²) in [5.74, 6) is -0.0984. The number of piperazine rings is 1. The van der Waals surface area contributed by atoms with E-state index in [1.54, 1.807) is 4.90 Å². The van der Waals surface area contributed by atoms with Gasteiger partial charge in [-0.2, -0.15) is 0 Å². The Labute approximate surface area is 186 Å². The van der Waals surface area contributed by atoms with Gasteiger partial charge in [0.1, 0.15) is 11.4 Å². The van der Waals surface area contributed by atoms with Gasteiger partial charge < -0.3 is 25.1 Å². The molecule has 1 saturated heterocycles. The lowest BCUT2D eigenvalue weighted by molar-refractivity contribution is -0.136. The zero-order chi connectivity index (χ0) is 21.4. The van der Waals surface area contributed by atoms with Crippen molar-refractivity contribution in [1.29, 1.82) is 0 Å². The first-order valence-corrected chi connectivity index (χ1v) is 10.8. The van der Waals surface area contributed by atoms with Crippen molar-refractivity contribution in [3.8, 4) is 5.88 Å². The van der Waals surface area contributed by atoms with Gasteiger partial charge in [0.25, 0.3) is 5.91 Å². The van der Waals surface area contributed by atoms with Crippen LogP contribution in [-0.2, 0) is 9.63 Å². The van der Waals surface area contributed by atoms with Crippen LogP contribution in [0.2, 0.25) is 0 Å². The summed E-state index contributed by atoms with van der Waals surface area (Å²) < 4.78 is 0.882. The number of halogens is 1. The largest absolute Gasteiger partial charge is 0.494 e. The van der Waals surface area contributed by atoms with Crippen LogP contribution in [0.1, 0.15) is 11.1 Å². The Bertz CT molecular complexity index is 1230. The number of H-pyrrole nitrogens is 1. The number of fused-ring (bicyclic) bond motifs is 2. The van der Waals surface area contributed by atoms with E-state index in [2.05, 4.69) is 31.4 Å². The Morgan fingerprint density at radius 1 is 1.23 bits per heavy atom. The number of nitrogens with zero attached hydrogens (tertiary/aromatic N) is 3. The Morgan fingerprint density at radius 3 is 2.87 bits per heavy atom. The second kappa shape index (κ2) is 8.16. The molecule has 158 valence electrons. The van der Waals surface area contributed by atoms with E-state index >= 15 is 0 Å². The van der Waals surface area contributed by atoms with Crippen molar-refractivity contribution in [2.45, 2.75) is 0 Å². The molecule has 1 fully saturated rings. The molecule has 2 aliphatic rings. The maximum Gasteiger partial charge on any atom is 0.263 e. The van der Waals surface area contributed by atoms with Crippen LogP contribution in [0.5, 0.6) is 5.88 Å². The highest BCUT2D eigenvalue weighted by molar-refractivity contribution is 9.10. The number of rotatable bonds is 4. The summed E-state index contributed by atoms with van der Waals surface area (Å²) in [6, 6.07) is 13.3. The molecule has 3 N–H and O–H groups in total.